The minimum absolute atomic E-state index is 0.215. The summed E-state index contributed by atoms with van der Waals surface area (Å²) in [5, 5.41) is 14.6. The molecule has 1 atom stereocenters. The predicted molar refractivity (Wildman–Crippen MR) is 99.1 cm³/mol. The van der Waals surface area contributed by atoms with Gasteiger partial charge in [-0.25, -0.2) is 4.68 Å². The molecule has 4 heteroatoms. The van der Waals surface area contributed by atoms with Gasteiger partial charge in [0.1, 0.15) is 0 Å². The Balaban J connectivity index is 1.83. The van der Waals surface area contributed by atoms with Gasteiger partial charge in [0.2, 0.25) is 0 Å². The van der Waals surface area contributed by atoms with E-state index in [0.717, 1.165) is 11.4 Å². The lowest BCUT2D eigenvalue weighted by Crippen LogP contribution is -2.03. The standard InChI is InChI=1S/C21H16N4/c1-25-21(22-23-24-25)20-17-9-5-3-7-15(17)11-13-19(20)18-12-10-14-6-2-4-8-16(14)18/h2-13,18H,1H3. The highest BCUT2D eigenvalue weighted by molar-refractivity contribution is 5.97. The summed E-state index contributed by atoms with van der Waals surface area (Å²) < 4.78 is 1.75. The molecule has 0 radical (unpaired) electrons. The van der Waals surface area contributed by atoms with E-state index in [4.69, 9.17) is 0 Å². The Morgan fingerprint density at radius 2 is 1.72 bits per heavy atom. The van der Waals surface area contributed by atoms with Crippen molar-refractivity contribution in [1.82, 2.24) is 20.2 Å². The van der Waals surface area contributed by atoms with Gasteiger partial charge >= 0.3 is 0 Å². The van der Waals surface area contributed by atoms with E-state index >= 15 is 0 Å². The quantitative estimate of drug-likeness (QED) is 0.555. The van der Waals surface area contributed by atoms with E-state index in [0.29, 0.717) is 0 Å². The molecule has 0 aliphatic heterocycles. The van der Waals surface area contributed by atoms with Crippen LogP contribution in [0, 0.1) is 0 Å². The van der Waals surface area contributed by atoms with Crippen molar-refractivity contribution in [3.05, 3.63) is 83.4 Å². The molecular formula is C21H16N4. The molecule has 0 saturated carbocycles. The second-order valence-corrected chi connectivity index (χ2v) is 6.34. The van der Waals surface area contributed by atoms with Gasteiger partial charge in [-0.3, -0.25) is 0 Å². The van der Waals surface area contributed by atoms with Gasteiger partial charge in [-0.1, -0.05) is 72.8 Å². The second kappa shape index (κ2) is 5.38. The fourth-order valence-electron chi connectivity index (χ4n) is 3.76. The number of aromatic nitrogens is 4. The van der Waals surface area contributed by atoms with Crippen LogP contribution >= 0.6 is 0 Å². The van der Waals surface area contributed by atoms with Gasteiger partial charge < -0.3 is 0 Å². The zero-order valence-corrected chi connectivity index (χ0v) is 13.8. The first kappa shape index (κ1) is 14.1. The minimum atomic E-state index is 0.215. The molecule has 1 aliphatic carbocycles. The van der Waals surface area contributed by atoms with Gasteiger partial charge in [-0.15, -0.1) is 5.10 Å². The maximum atomic E-state index is 4.30. The number of allylic oxidation sites excluding steroid dienone is 1. The van der Waals surface area contributed by atoms with Crippen LogP contribution in [0.3, 0.4) is 0 Å². The van der Waals surface area contributed by atoms with Crippen LogP contribution in [0.2, 0.25) is 0 Å². The van der Waals surface area contributed by atoms with Crippen LogP contribution in [0.15, 0.2) is 66.7 Å². The summed E-state index contributed by atoms with van der Waals surface area (Å²) in [5.74, 6) is 1.01. The van der Waals surface area contributed by atoms with Crippen LogP contribution in [-0.4, -0.2) is 20.2 Å². The van der Waals surface area contributed by atoms with Crippen molar-refractivity contribution in [2.75, 3.05) is 0 Å². The molecule has 1 heterocycles. The highest BCUT2D eigenvalue weighted by Gasteiger charge is 2.24. The SMILES string of the molecule is Cn1nnnc1-c1c(C2C=Cc3ccccc32)ccc2ccccc12. The van der Waals surface area contributed by atoms with Gasteiger partial charge in [-0.2, -0.15) is 0 Å². The third-order valence-electron chi connectivity index (χ3n) is 4.94. The summed E-state index contributed by atoms with van der Waals surface area (Å²) >= 11 is 0. The highest BCUT2D eigenvalue weighted by atomic mass is 15.5. The molecule has 0 N–H and O–H groups in total. The normalized spacial score (nSPS) is 15.6. The Hall–Kier alpha value is -3.27. The zero-order chi connectivity index (χ0) is 16.8. The van der Waals surface area contributed by atoms with E-state index in [2.05, 4.69) is 88.3 Å². The topological polar surface area (TPSA) is 43.6 Å². The van der Waals surface area contributed by atoms with Crippen molar-refractivity contribution in [2.45, 2.75) is 5.92 Å². The van der Waals surface area contributed by atoms with Gasteiger partial charge in [-0.05, 0) is 37.9 Å². The van der Waals surface area contributed by atoms with Crippen molar-refractivity contribution >= 4 is 16.8 Å². The van der Waals surface area contributed by atoms with Crippen molar-refractivity contribution in [3.8, 4) is 11.4 Å². The molecule has 3 aromatic carbocycles. The van der Waals surface area contributed by atoms with E-state index in [9.17, 15) is 0 Å². The van der Waals surface area contributed by atoms with E-state index in [-0.39, 0.29) is 5.92 Å². The summed E-state index contributed by atoms with van der Waals surface area (Å²) in [6.07, 6.45) is 4.47. The molecule has 25 heavy (non-hydrogen) atoms. The molecule has 5 rings (SSSR count). The Labute approximate surface area is 145 Å². The maximum absolute atomic E-state index is 4.30. The smallest absolute Gasteiger partial charge is 0.182 e. The Bertz CT molecular complexity index is 1120. The van der Waals surface area contributed by atoms with Gasteiger partial charge in [0.25, 0.3) is 0 Å². The number of benzene rings is 3. The highest BCUT2D eigenvalue weighted by Crippen LogP contribution is 2.41. The minimum Gasteiger partial charge on any atom is -0.229 e. The number of nitrogens with zero attached hydrogens (tertiary/aromatic N) is 4. The monoisotopic (exact) mass is 324 g/mol. The first-order chi connectivity index (χ1) is 12.3. The molecular weight excluding hydrogens is 308 g/mol. The number of hydrogen-bond acceptors (Lipinski definition) is 3. The van der Waals surface area contributed by atoms with Crippen LogP contribution in [0.5, 0.6) is 0 Å². The molecule has 4 aromatic rings. The van der Waals surface area contributed by atoms with E-state index in [1.54, 1.807) is 4.68 Å². The number of hydrogen-bond donors (Lipinski definition) is 0. The summed E-state index contributed by atoms with van der Waals surface area (Å²) in [6, 6.07) is 21.4. The number of rotatable bonds is 2. The molecule has 0 spiro atoms. The molecule has 120 valence electrons. The molecule has 0 amide bonds. The van der Waals surface area contributed by atoms with Crippen molar-refractivity contribution in [3.63, 3.8) is 0 Å². The third-order valence-corrected chi connectivity index (χ3v) is 4.94. The van der Waals surface area contributed by atoms with Crippen LogP contribution in [-0.2, 0) is 7.05 Å². The van der Waals surface area contributed by atoms with Crippen LogP contribution in [0.4, 0.5) is 0 Å². The first-order valence-electron chi connectivity index (χ1n) is 8.34. The average molecular weight is 324 g/mol. The molecule has 1 unspecified atom stereocenters. The summed E-state index contributed by atoms with van der Waals surface area (Å²) in [4.78, 5) is 0. The lowest BCUT2D eigenvalue weighted by Gasteiger charge is -2.18. The molecule has 4 nitrogen and oxygen atoms in total. The second-order valence-electron chi connectivity index (χ2n) is 6.34. The molecule has 1 aromatic heterocycles. The number of fused-ring (bicyclic) bond motifs is 2. The Morgan fingerprint density at radius 3 is 2.60 bits per heavy atom. The van der Waals surface area contributed by atoms with Crippen LogP contribution in [0.25, 0.3) is 28.2 Å². The summed E-state index contributed by atoms with van der Waals surface area (Å²) in [5.41, 5.74) is 4.95. The number of aryl methyl sites for hydroxylation is 1. The zero-order valence-electron chi connectivity index (χ0n) is 13.8. The fraction of sp³-hybridized carbons (Fsp3) is 0.0952. The van der Waals surface area contributed by atoms with Gasteiger partial charge in [0.05, 0.1) is 0 Å². The summed E-state index contributed by atoms with van der Waals surface area (Å²) in [7, 11) is 1.89. The van der Waals surface area contributed by atoms with Crippen molar-refractivity contribution in [2.24, 2.45) is 7.05 Å². The predicted octanol–water partition coefficient (Wildman–Crippen LogP) is 4.19. The molecule has 1 aliphatic rings. The van der Waals surface area contributed by atoms with E-state index in [1.807, 2.05) is 7.05 Å². The fourth-order valence-corrected chi connectivity index (χ4v) is 3.76. The van der Waals surface area contributed by atoms with E-state index < -0.39 is 0 Å². The third kappa shape index (κ3) is 2.11. The van der Waals surface area contributed by atoms with Gasteiger partial charge in [0.15, 0.2) is 5.82 Å². The Kier molecular flexibility index (Phi) is 3.04. The largest absolute Gasteiger partial charge is 0.229 e. The first-order valence-corrected chi connectivity index (χ1v) is 8.34. The average Bonchev–Trinajstić information content (AvgIpc) is 3.27. The Morgan fingerprint density at radius 1 is 0.880 bits per heavy atom. The summed E-state index contributed by atoms with van der Waals surface area (Å²) in [6.45, 7) is 0. The molecule has 0 bridgehead atoms. The lowest BCUT2D eigenvalue weighted by molar-refractivity contribution is 0.714. The van der Waals surface area contributed by atoms with E-state index in [1.165, 1.54) is 27.5 Å². The van der Waals surface area contributed by atoms with Gasteiger partial charge in [0, 0.05) is 18.5 Å². The van der Waals surface area contributed by atoms with Crippen LogP contribution < -0.4 is 0 Å². The molecule has 0 saturated heterocycles. The maximum Gasteiger partial charge on any atom is 0.182 e. The number of tetrazole rings is 1. The van der Waals surface area contributed by atoms with Crippen molar-refractivity contribution < 1.29 is 0 Å². The molecule has 0 fully saturated rings. The van der Waals surface area contributed by atoms with Crippen molar-refractivity contribution in [1.29, 1.82) is 0 Å². The lowest BCUT2D eigenvalue weighted by atomic mass is 9.87. The van der Waals surface area contributed by atoms with Crippen LogP contribution in [0.1, 0.15) is 22.6 Å².